The second kappa shape index (κ2) is 10.2. The molecule has 1 fully saturated rings. The minimum absolute atomic E-state index is 0.0424. The van der Waals surface area contributed by atoms with Gasteiger partial charge < -0.3 is 14.4 Å². The summed E-state index contributed by atoms with van der Waals surface area (Å²) in [4.78, 5) is 37.4. The van der Waals surface area contributed by atoms with Crippen LogP contribution in [0.1, 0.15) is 45.1 Å². The molecule has 2 unspecified atom stereocenters. The Morgan fingerprint density at radius 1 is 1.34 bits per heavy atom. The number of carbonyl (C=O) groups is 2. The van der Waals surface area contributed by atoms with Gasteiger partial charge in [0, 0.05) is 31.1 Å². The number of nitro groups is 1. The largest absolute Gasteiger partial charge is 0.466 e. The van der Waals surface area contributed by atoms with E-state index in [1.807, 2.05) is 0 Å². The van der Waals surface area contributed by atoms with Gasteiger partial charge in [-0.15, -0.1) is 0 Å². The van der Waals surface area contributed by atoms with Crippen LogP contribution in [0, 0.1) is 15.5 Å². The Bertz CT molecular complexity index is 743. The Morgan fingerprint density at radius 2 is 2.07 bits per heavy atom. The van der Waals surface area contributed by atoms with Gasteiger partial charge in [0.2, 0.25) is 6.36 Å². The zero-order chi connectivity index (χ0) is 21.4. The summed E-state index contributed by atoms with van der Waals surface area (Å²) >= 11 is 0. The average molecular weight is 410 g/mol. The Morgan fingerprint density at radius 3 is 2.72 bits per heavy atom. The quantitative estimate of drug-likeness (QED) is 0.365. The van der Waals surface area contributed by atoms with Crippen molar-refractivity contribution >= 4 is 17.7 Å². The van der Waals surface area contributed by atoms with Crippen LogP contribution >= 0.6 is 0 Å². The predicted octanol–water partition coefficient (Wildman–Crippen LogP) is 4.01. The van der Waals surface area contributed by atoms with E-state index in [1.54, 1.807) is 32.0 Å². The molecule has 1 saturated heterocycles. The number of rotatable bonds is 8. The van der Waals surface area contributed by atoms with E-state index in [1.165, 1.54) is 11.0 Å². The van der Waals surface area contributed by atoms with Crippen molar-refractivity contribution in [3.8, 4) is 0 Å². The number of halogens is 1. The highest BCUT2D eigenvalue weighted by atomic mass is 19.1. The molecule has 9 heteroatoms. The third-order valence-electron chi connectivity index (χ3n) is 5.01. The Labute approximate surface area is 169 Å². The fraction of sp³-hybridized carbons (Fsp3) is 0.600. The van der Waals surface area contributed by atoms with Crippen molar-refractivity contribution in [3.63, 3.8) is 0 Å². The van der Waals surface area contributed by atoms with Crippen molar-refractivity contribution in [2.45, 2.75) is 52.3 Å². The topological polar surface area (TPSA) is 99.0 Å². The molecule has 0 aromatic heterocycles. The van der Waals surface area contributed by atoms with E-state index in [0.717, 1.165) is 0 Å². The van der Waals surface area contributed by atoms with Crippen molar-refractivity contribution in [1.29, 1.82) is 0 Å². The minimum Gasteiger partial charge on any atom is -0.466 e. The van der Waals surface area contributed by atoms with E-state index in [-0.39, 0.29) is 31.7 Å². The second-order valence-corrected chi connectivity index (χ2v) is 7.17. The van der Waals surface area contributed by atoms with Gasteiger partial charge in [-0.05, 0) is 32.6 Å². The zero-order valence-electron chi connectivity index (χ0n) is 16.8. The van der Waals surface area contributed by atoms with Crippen LogP contribution in [-0.2, 0) is 20.7 Å². The number of ether oxygens (including phenoxy) is 2. The zero-order valence-corrected chi connectivity index (χ0v) is 16.8. The lowest BCUT2D eigenvalue weighted by atomic mass is 9.75. The highest BCUT2D eigenvalue weighted by molar-refractivity contribution is 5.79. The van der Waals surface area contributed by atoms with Crippen LogP contribution in [0.4, 0.5) is 14.9 Å². The van der Waals surface area contributed by atoms with Gasteiger partial charge in [0.1, 0.15) is 0 Å². The van der Waals surface area contributed by atoms with Crippen molar-refractivity contribution in [3.05, 3.63) is 39.9 Å². The van der Waals surface area contributed by atoms with E-state index < -0.39 is 28.8 Å². The SMILES string of the molecule is CCCC(F)OC(=O)N1CCCC(Cc2ccccc2[N+](=O)[O-])(C(=O)OCC)C1. The number of esters is 1. The molecule has 1 aromatic rings. The maximum atomic E-state index is 13.7. The highest BCUT2D eigenvalue weighted by Gasteiger charge is 2.46. The number of hydrogen-bond donors (Lipinski definition) is 0. The number of para-hydroxylation sites is 1. The van der Waals surface area contributed by atoms with Gasteiger partial charge in [-0.2, -0.15) is 0 Å². The van der Waals surface area contributed by atoms with Crippen LogP contribution in [0.3, 0.4) is 0 Å². The number of alkyl halides is 1. The number of benzene rings is 1. The van der Waals surface area contributed by atoms with Gasteiger partial charge in [-0.3, -0.25) is 14.9 Å². The molecule has 0 bridgehead atoms. The summed E-state index contributed by atoms with van der Waals surface area (Å²) in [7, 11) is 0. The molecule has 2 atom stereocenters. The first-order valence-electron chi connectivity index (χ1n) is 9.82. The summed E-state index contributed by atoms with van der Waals surface area (Å²) < 4.78 is 23.8. The second-order valence-electron chi connectivity index (χ2n) is 7.17. The van der Waals surface area contributed by atoms with Crippen LogP contribution in [-0.4, -0.2) is 47.9 Å². The maximum Gasteiger partial charge on any atom is 0.412 e. The normalized spacial score (nSPS) is 20.0. The predicted molar refractivity (Wildman–Crippen MR) is 103 cm³/mol. The van der Waals surface area contributed by atoms with Crippen molar-refractivity contribution in [1.82, 2.24) is 4.90 Å². The number of carbonyl (C=O) groups excluding carboxylic acids is 2. The third kappa shape index (κ3) is 5.65. The van der Waals surface area contributed by atoms with Crippen molar-refractivity contribution in [2.24, 2.45) is 5.41 Å². The molecule has 1 aliphatic heterocycles. The molecule has 0 spiro atoms. The fourth-order valence-electron chi connectivity index (χ4n) is 3.63. The lowest BCUT2D eigenvalue weighted by Crippen LogP contribution is -2.52. The van der Waals surface area contributed by atoms with Crippen molar-refractivity contribution in [2.75, 3.05) is 19.7 Å². The van der Waals surface area contributed by atoms with E-state index in [0.29, 0.717) is 31.4 Å². The van der Waals surface area contributed by atoms with Crippen LogP contribution in [0.15, 0.2) is 24.3 Å². The lowest BCUT2D eigenvalue weighted by Gasteiger charge is -2.40. The third-order valence-corrected chi connectivity index (χ3v) is 5.01. The Balaban J connectivity index is 2.29. The smallest absolute Gasteiger partial charge is 0.412 e. The first-order chi connectivity index (χ1) is 13.8. The lowest BCUT2D eigenvalue weighted by molar-refractivity contribution is -0.385. The molecule has 1 aliphatic rings. The number of hydrogen-bond acceptors (Lipinski definition) is 6. The van der Waals surface area contributed by atoms with E-state index in [4.69, 9.17) is 9.47 Å². The van der Waals surface area contributed by atoms with Gasteiger partial charge in [-0.25, -0.2) is 9.18 Å². The molecular formula is C20H27FN2O6. The maximum absolute atomic E-state index is 13.7. The minimum atomic E-state index is -1.71. The van der Waals surface area contributed by atoms with Gasteiger partial charge in [-0.1, -0.05) is 25.1 Å². The standard InChI is InChI=1S/C20H27FN2O6/c1-3-8-17(21)29-19(25)22-12-7-11-20(14-22,18(24)28-4-2)13-15-9-5-6-10-16(15)23(26)27/h5-6,9-10,17H,3-4,7-8,11-14H2,1-2H3. The Kier molecular flexibility index (Phi) is 7.92. The molecule has 1 amide bonds. The molecule has 0 aliphatic carbocycles. The molecule has 160 valence electrons. The molecule has 0 saturated carbocycles. The van der Waals surface area contributed by atoms with Gasteiger partial charge in [0.25, 0.3) is 5.69 Å². The first kappa shape index (κ1) is 22.6. The molecule has 1 aromatic carbocycles. The van der Waals surface area contributed by atoms with E-state index >= 15 is 0 Å². The molecule has 1 heterocycles. The molecule has 29 heavy (non-hydrogen) atoms. The number of amides is 1. The highest BCUT2D eigenvalue weighted by Crippen LogP contribution is 2.37. The van der Waals surface area contributed by atoms with Gasteiger partial charge in [0.15, 0.2) is 0 Å². The molecule has 0 N–H and O–H groups in total. The summed E-state index contributed by atoms with van der Waals surface area (Å²) in [6.07, 6.45) is -1.00. The van der Waals surface area contributed by atoms with Crippen LogP contribution in [0.2, 0.25) is 0 Å². The van der Waals surface area contributed by atoms with Crippen LogP contribution < -0.4 is 0 Å². The fourth-order valence-corrected chi connectivity index (χ4v) is 3.63. The van der Waals surface area contributed by atoms with Gasteiger partial charge in [0.05, 0.1) is 16.9 Å². The summed E-state index contributed by atoms with van der Waals surface area (Å²) in [6.45, 7) is 3.86. The number of likely N-dealkylation sites (tertiary alicyclic amines) is 1. The molecule has 8 nitrogen and oxygen atoms in total. The number of nitro benzene ring substituents is 1. The summed E-state index contributed by atoms with van der Waals surface area (Å²) in [5.74, 6) is -0.527. The summed E-state index contributed by atoms with van der Waals surface area (Å²) in [5, 5.41) is 11.4. The van der Waals surface area contributed by atoms with Crippen LogP contribution in [0.25, 0.3) is 0 Å². The Hall–Kier alpha value is -2.71. The average Bonchev–Trinajstić information content (AvgIpc) is 2.68. The summed E-state index contributed by atoms with van der Waals surface area (Å²) in [6, 6.07) is 6.18. The monoisotopic (exact) mass is 410 g/mol. The number of nitrogens with zero attached hydrogens (tertiary/aromatic N) is 2. The van der Waals surface area contributed by atoms with Crippen molar-refractivity contribution < 1.29 is 28.4 Å². The molecule has 2 rings (SSSR count). The number of piperidine rings is 1. The molecule has 0 radical (unpaired) electrons. The molecular weight excluding hydrogens is 383 g/mol. The van der Waals surface area contributed by atoms with Gasteiger partial charge >= 0.3 is 12.1 Å². The van der Waals surface area contributed by atoms with E-state index in [2.05, 4.69) is 0 Å². The van der Waals surface area contributed by atoms with Crippen LogP contribution in [0.5, 0.6) is 0 Å². The van der Waals surface area contributed by atoms with E-state index in [9.17, 15) is 24.1 Å². The summed E-state index contributed by atoms with van der Waals surface area (Å²) in [5.41, 5.74) is -0.867. The first-order valence-corrected chi connectivity index (χ1v) is 9.82.